The summed E-state index contributed by atoms with van der Waals surface area (Å²) in [7, 11) is 0. The Hall–Kier alpha value is -3.22. The topological polar surface area (TPSA) is 79.9 Å². The Labute approximate surface area is 200 Å². The Morgan fingerprint density at radius 1 is 1.03 bits per heavy atom. The van der Waals surface area contributed by atoms with E-state index in [1.807, 2.05) is 24.0 Å². The van der Waals surface area contributed by atoms with Crippen LogP contribution in [0.5, 0.6) is 11.5 Å². The molecule has 34 heavy (non-hydrogen) atoms. The normalized spacial score (nSPS) is 20.1. The van der Waals surface area contributed by atoms with Gasteiger partial charge in [-0.1, -0.05) is 25.0 Å². The van der Waals surface area contributed by atoms with Gasteiger partial charge in [-0.2, -0.15) is 0 Å². The van der Waals surface area contributed by atoms with E-state index in [0.29, 0.717) is 38.4 Å². The van der Waals surface area contributed by atoms with Crippen molar-refractivity contribution in [3.05, 3.63) is 58.7 Å². The van der Waals surface area contributed by atoms with Gasteiger partial charge in [0.15, 0.2) is 11.5 Å². The second-order valence-corrected chi connectivity index (χ2v) is 9.59. The number of carbonyl (C=O) groups is 2. The zero-order valence-electron chi connectivity index (χ0n) is 20.0. The van der Waals surface area contributed by atoms with Crippen molar-refractivity contribution in [2.45, 2.75) is 57.5 Å². The van der Waals surface area contributed by atoms with Crippen LogP contribution in [0.1, 0.15) is 72.6 Å². The fraction of sp³-hybridized carbons (Fsp3) is 0.481. The van der Waals surface area contributed by atoms with E-state index < -0.39 is 0 Å². The molecule has 1 saturated carbocycles. The largest absolute Gasteiger partial charge is 0.486 e. The van der Waals surface area contributed by atoms with Crippen LogP contribution in [0.4, 0.5) is 4.79 Å². The molecule has 1 atom stereocenters. The summed E-state index contributed by atoms with van der Waals surface area (Å²) in [4.78, 5) is 27.3. The summed E-state index contributed by atoms with van der Waals surface area (Å²) in [6.45, 7) is 6.84. The summed E-state index contributed by atoms with van der Waals surface area (Å²) < 4.78 is 11.7. The third-order valence-electron chi connectivity index (χ3n) is 7.50. The van der Waals surface area contributed by atoms with Crippen LogP contribution >= 0.6 is 0 Å². The number of ether oxygens (including phenoxy) is 2. The maximum Gasteiger partial charge on any atom is 0.318 e. The van der Waals surface area contributed by atoms with Crippen molar-refractivity contribution in [2.75, 3.05) is 26.3 Å². The number of hydrogen-bond donors (Lipinski definition) is 2. The highest BCUT2D eigenvalue weighted by Crippen LogP contribution is 2.51. The molecule has 180 valence electrons. The molecule has 0 bridgehead atoms. The molecular formula is C27H33N3O4. The van der Waals surface area contributed by atoms with E-state index in [-0.39, 0.29) is 23.4 Å². The van der Waals surface area contributed by atoms with Crippen LogP contribution in [-0.4, -0.2) is 43.1 Å². The minimum absolute atomic E-state index is 0.0245. The summed E-state index contributed by atoms with van der Waals surface area (Å²) in [5.74, 6) is 1.52. The second-order valence-electron chi connectivity index (χ2n) is 9.59. The van der Waals surface area contributed by atoms with Crippen molar-refractivity contribution >= 4 is 11.9 Å². The van der Waals surface area contributed by atoms with Crippen LogP contribution in [-0.2, 0) is 12.0 Å². The Bertz CT molecular complexity index is 1080. The lowest BCUT2D eigenvalue weighted by Gasteiger charge is -2.46. The molecular weight excluding hydrogens is 430 g/mol. The minimum Gasteiger partial charge on any atom is -0.486 e. The van der Waals surface area contributed by atoms with Crippen molar-refractivity contribution in [1.29, 1.82) is 0 Å². The van der Waals surface area contributed by atoms with E-state index >= 15 is 0 Å². The number of benzene rings is 2. The van der Waals surface area contributed by atoms with Gasteiger partial charge in [-0.15, -0.1) is 0 Å². The zero-order chi connectivity index (χ0) is 23.7. The first-order valence-electron chi connectivity index (χ1n) is 12.4. The van der Waals surface area contributed by atoms with Crippen LogP contribution in [0.2, 0.25) is 0 Å². The van der Waals surface area contributed by atoms with Gasteiger partial charge in [0, 0.05) is 30.6 Å². The molecule has 0 radical (unpaired) electrons. The number of hydrogen-bond acceptors (Lipinski definition) is 4. The van der Waals surface area contributed by atoms with Crippen LogP contribution in [0.25, 0.3) is 0 Å². The van der Waals surface area contributed by atoms with Gasteiger partial charge in [0.1, 0.15) is 13.2 Å². The standard InChI is InChI=1S/C27H33N3O4/c1-3-28-25(31)20-8-6-19(7-9-20)16-29-26(32)30-17-27(10-4-5-11-27)22-15-24-23(33-12-13-34-24)14-21(22)18(30)2/h6-9,14-15,18H,3-5,10-13,16-17H2,1-2H3,(H,28,31)(H,29,32). The highest BCUT2D eigenvalue weighted by Gasteiger charge is 2.46. The lowest BCUT2D eigenvalue weighted by atomic mass is 9.71. The Morgan fingerprint density at radius 2 is 1.71 bits per heavy atom. The number of amides is 3. The van der Waals surface area contributed by atoms with Gasteiger partial charge in [0.05, 0.1) is 6.04 Å². The molecule has 1 unspecified atom stereocenters. The quantitative estimate of drug-likeness (QED) is 0.708. The Balaban J connectivity index is 1.34. The number of fused-ring (bicyclic) bond motifs is 3. The predicted molar refractivity (Wildman–Crippen MR) is 129 cm³/mol. The van der Waals surface area contributed by atoms with Gasteiger partial charge in [-0.3, -0.25) is 4.79 Å². The summed E-state index contributed by atoms with van der Waals surface area (Å²) in [5, 5.41) is 5.90. The van der Waals surface area contributed by atoms with Crippen LogP contribution in [0, 0.1) is 0 Å². The molecule has 7 heteroatoms. The first-order valence-corrected chi connectivity index (χ1v) is 12.4. The average Bonchev–Trinajstić information content (AvgIpc) is 3.34. The highest BCUT2D eigenvalue weighted by atomic mass is 16.6. The number of nitrogens with one attached hydrogen (secondary N) is 2. The van der Waals surface area contributed by atoms with E-state index in [0.717, 1.165) is 29.9 Å². The SMILES string of the molecule is CCNC(=O)c1ccc(CNC(=O)N2CC3(CCCC3)c3cc4c(cc3C2C)OCCO4)cc1. The van der Waals surface area contributed by atoms with Gasteiger partial charge in [-0.05, 0) is 67.6 Å². The van der Waals surface area contributed by atoms with Crippen molar-refractivity contribution in [3.63, 3.8) is 0 Å². The first kappa shape index (κ1) is 22.6. The molecule has 2 N–H and O–H groups in total. The number of rotatable bonds is 4. The molecule has 1 aliphatic carbocycles. The first-order chi connectivity index (χ1) is 16.5. The van der Waals surface area contributed by atoms with Crippen LogP contribution < -0.4 is 20.1 Å². The molecule has 2 aromatic rings. The van der Waals surface area contributed by atoms with Crippen molar-refractivity contribution < 1.29 is 19.1 Å². The molecule has 0 saturated heterocycles. The molecule has 2 heterocycles. The maximum atomic E-state index is 13.4. The minimum atomic E-state index is -0.0858. The zero-order valence-corrected chi connectivity index (χ0v) is 20.0. The third kappa shape index (κ3) is 4.08. The van der Waals surface area contributed by atoms with Gasteiger partial charge in [0.25, 0.3) is 5.91 Å². The molecule has 2 aromatic carbocycles. The lowest BCUT2D eigenvalue weighted by molar-refractivity contribution is 0.0955. The molecule has 1 fully saturated rings. The van der Waals surface area contributed by atoms with Crippen LogP contribution in [0.3, 0.4) is 0 Å². The van der Waals surface area contributed by atoms with Crippen molar-refractivity contribution in [1.82, 2.24) is 15.5 Å². The second kappa shape index (κ2) is 9.20. The fourth-order valence-electron chi connectivity index (χ4n) is 5.67. The van der Waals surface area contributed by atoms with E-state index in [2.05, 4.69) is 29.7 Å². The Kier molecular flexibility index (Phi) is 6.11. The van der Waals surface area contributed by atoms with Gasteiger partial charge >= 0.3 is 6.03 Å². The van der Waals surface area contributed by atoms with E-state index in [1.54, 1.807) is 12.1 Å². The van der Waals surface area contributed by atoms with Gasteiger partial charge in [0.2, 0.25) is 0 Å². The lowest BCUT2D eigenvalue weighted by Crippen LogP contribution is -2.51. The van der Waals surface area contributed by atoms with Crippen molar-refractivity contribution in [2.24, 2.45) is 0 Å². The van der Waals surface area contributed by atoms with E-state index in [9.17, 15) is 9.59 Å². The highest BCUT2D eigenvalue weighted by molar-refractivity contribution is 5.94. The van der Waals surface area contributed by atoms with Gasteiger partial charge in [-0.25, -0.2) is 4.79 Å². The molecule has 1 spiro atoms. The summed E-state index contributed by atoms with van der Waals surface area (Å²) in [5.41, 5.74) is 4.05. The van der Waals surface area contributed by atoms with E-state index in [4.69, 9.17) is 9.47 Å². The van der Waals surface area contributed by atoms with Crippen molar-refractivity contribution in [3.8, 4) is 11.5 Å². The third-order valence-corrected chi connectivity index (χ3v) is 7.50. The smallest absolute Gasteiger partial charge is 0.318 e. The average molecular weight is 464 g/mol. The Morgan fingerprint density at radius 3 is 2.38 bits per heavy atom. The summed E-state index contributed by atoms with van der Waals surface area (Å²) in [6, 6.07) is 11.5. The maximum absolute atomic E-state index is 13.4. The molecule has 3 aliphatic rings. The molecule has 0 aromatic heterocycles. The molecule has 7 nitrogen and oxygen atoms in total. The number of urea groups is 1. The van der Waals surface area contributed by atoms with Crippen LogP contribution in [0.15, 0.2) is 36.4 Å². The van der Waals surface area contributed by atoms with E-state index in [1.165, 1.54) is 24.0 Å². The summed E-state index contributed by atoms with van der Waals surface area (Å²) in [6.07, 6.45) is 4.51. The molecule has 3 amide bonds. The fourth-order valence-corrected chi connectivity index (χ4v) is 5.67. The predicted octanol–water partition coefficient (Wildman–Crippen LogP) is 4.31. The number of carbonyl (C=O) groups excluding carboxylic acids is 2. The molecule has 5 rings (SSSR count). The number of nitrogens with zero attached hydrogens (tertiary/aromatic N) is 1. The monoisotopic (exact) mass is 463 g/mol. The molecule has 2 aliphatic heterocycles. The summed E-state index contributed by atoms with van der Waals surface area (Å²) >= 11 is 0. The van der Waals surface area contributed by atoms with Gasteiger partial charge < -0.3 is 25.0 Å².